The van der Waals surface area contributed by atoms with Crippen molar-refractivity contribution in [1.29, 1.82) is 0 Å². The van der Waals surface area contributed by atoms with Crippen molar-refractivity contribution in [2.45, 2.75) is 6.54 Å². The van der Waals surface area contributed by atoms with E-state index in [0.29, 0.717) is 5.56 Å². The molecule has 0 radical (unpaired) electrons. The number of Topliss-reactive ketones (excluding diaryl/α,β-unsaturated/α-hetero) is 1. The van der Waals surface area contributed by atoms with E-state index in [0.717, 1.165) is 5.56 Å². The highest BCUT2D eigenvalue weighted by Gasteiger charge is 2.24. The van der Waals surface area contributed by atoms with E-state index in [1.165, 1.54) is 23.4 Å². The van der Waals surface area contributed by atoms with Gasteiger partial charge in [-0.15, -0.1) is 0 Å². The Kier molecular flexibility index (Phi) is 3.92. The highest BCUT2D eigenvalue weighted by Crippen LogP contribution is 2.31. The summed E-state index contributed by atoms with van der Waals surface area (Å²) in [6.07, 6.45) is 2.71. The van der Waals surface area contributed by atoms with Crippen molar-refractivity contribution >= 4 is 11.5 Å². The molecule has 0 aliphatic rings. The Morgan fingerprint density at radius 1 is 1.13 bits per heavy atom. The van der Waals surface area contributed by atoms with Crippen LogP contribution in [0.2, 0.25) is 0 Å². The summed E-state index contributed by atoms with van der Waals surface area (Å²) >= 11 is 0. The molecule has 3 rings (SSSR count). The molecule has 0 aliphatic heterocycles. The van der Waals surface area contributed by atoms with Crippen LogP contribution in [-0.4, -0.2) is 25.5 Å². The lowest BCUT2D eigenvalue weighted by atomic mass is 9.95. The summed E-state index contributed by atoms with van der Waals surface area (Å²) in [7, 11) is 0. The molecular weight excluding hydrogens is 296 g/mol. The van der Waals surface area contributed by atoms with Gasteiger partial charge in [0.2, 0.25) is 0 Å². The van der Waals surface area contributed by atoms with Crippen molar-refractivity contribution in [3.05, 3.63) is 76.9 Å². The summed E-state index contributed by atoms with van der Waals surface area (Å²) in [6, 6.07) is 13.7. The highest BCUT2D eigenvalue weighted by molar-refractivity contribution is 6.05. The smallest absolute Gasteiger partial charge is 0.280 e. The average molecular weight is 308 g/mol. The summed E-state index contributed by atoms with van der Waals surface area (Å²) in [5.41, 5.74) is 1.15. The zero-order valence-corrected chi connectivity index (χ0v) is 12.0. The van der Waals surface area contributed by atoms with E-state index in [1.807, 2.05) is 30.3 Å². The number of aromatic nitrogens is 3. The van der Waals surface area contributed by atoms with Gasteiger partial charge >= 0.3 is 0 Å². The Balaban J connectivity index is 2.12. The van der Waals surface area contributed by atoms with Crippen LogP contribution in [0.1, 0.15) is 10.4 Å². The Labute approximate surface area is 131 Å². The van der Waals surface area contributed by atoms with Crippen molar-refractivity contribution in [2.24, 2.45) is 0 Å². The second-order valence-corrected chi connectivity index (χ2v) is 4.84. The summed E-state index contributed by atoms with van der Waals surface area (Å²) in [5.74, 6) is -0.387. The predicted molar refractivity (Wildman–Crippen MR) is 82.9 cm³/mol. The first-order valence-corrected chi connectivity index (χ1v) is 6.85. The maximum Gasteiger partial charge on any atom is 0.280 e. The largest absolute Gasteiger partial charge is 0.292 e. The van der Waals surface area contributed by atoms with Gasteiger partial charge in [0.25, 0.3) is 5.69 Å². The predicted octanol–water partition coefficient (Wildman–Crippen LogP) is 2.74. The van der Waals surface area contributed by atoms with Crippen molar-refractivity contribution in [2.75, 3.05) is 0 Å². The normalized spacial score (nSPS) is 10.4. The monoisotopic (exact) mass is 308 g/mol. The number of rotatable bonds is 5. The van der Waals surface area contributed by atoms with Gasteiger partial charge in [-0.1, -0.05) is 42.5 Å². The molecule has 0 N–H and O–H groups in total. The van der Waals surface area contributed by atoms with Crippen molar-refractivity contribution in [3.63, 3.8) is 0 Å². The maximum atomic E-state index is 12.6. The number of benzene rings is 2. The zero-order chi connectivity index (χ0) is 16.2. The Hall–Kier alpha value is -3.35. The Bertz CT molecular complexity index is 845. The molecule has 114 valence electrons. The van der Waals surface area contributed by atoms with Crippen molar-refractivity contribution in [1.82, 2.24) is 14.8 Å². The molecule has 7 nitrogen and oxygen atoms in total. The molecule has 0 fully saturated rings. The van der Waals surface area contributed by atoms with E-state index in [1.54, 1.807) is 12.1 Å². The number of hydrogen-bond acceptors (Lipinski definition) is 5. The van der Waals surface area contributed by atoms with Crippen LogP contribution >= 0.6 is 0 Å². The quantitative estimate of drug-likeness (QED) is 0.410. The van der Waals surface area contributed by atoms with E-state index < -0.39 is 4.92 Å². The van der Waals surface area contributed by atoms with Gasteiger partial charge in [-0.2, -0.15) is 5.10 Å². The molecule has 0 saturated carbocycles. The van der Waals surface area contributed by atoms with E-state index >= 15 is 0 Å². The van der Waals surface area contributed by atoms with Crippen LogP contribution in [0.4, 0.5) is 5.69 Å². The van der Waals surface area contributed by atoms with Gasteiger partial charge < -0.3 is 0 Å². The van der Waals surface area contributed by atoms with Crippen molar-refractivity contribution in [3.8, 4) is 11.1 Å². The number of carbonyl (C=O) groups is 1. The van der Waals surface area contributed by atoms with Gasteiger partial charge in [0, 0.05) is 6.07 Å². The number of carbonyl (C=O) groups excluding carboxylic acids is 1. The molecule has 0 bridgehead atoms. The van der Waals surface area contributed by atoms with Gasteiger partial charge in [-0.05, 0) is 11.1 Å². The second-order valence-electron chi connectivity index (χ2n) is 4.84. The van der Waals surface area contributed by atoms with E-state index in [2.05, 4.69) is 10.1 Å². The lowest BCUT2D eigenvalue weighted by Crippen LogP contribution is -2.14. The van der Waals surface area contributed by atoms with Gasteiger partial charge in [0.15, 0.2) is 5.78 Å². The molecule has 1 heterocycles. The number of ketones is 1. The molecular formula is C16H12N4O3. The minimum absolute atomic E-state index is 0.0826. The van der Waals surface area contributed by atoms with Crippen LogP contribution in [0.3, 0.4) is 0 Å². The van der Waals surface area contributed by atoms with Gasteiger partial charge in [-0.25, -0.2) is 9.67 Å². The third-order valence-corrected chi connectivity index (χ3v) is 3.37. The fraction of sp³-hybridized carbons (Fsp3) is 0.0625. The minimum Gasteiger partial charge on any atom is -0.292 e. The molecule has 0 unspecified atom stereocenters. The minimum atomic E-state index is -0.541. The number of nitrogens with zero attached hydrogens (tertiary/aromatic N) is 4. The van der Waals surface area contributed by atoms with Crippen LogP contribution in [-0.2, 0) is 6.54 Å². The first kappa shape index (κ1) is 14.6. The molecule has 2 aromatic carbocycles. The lowest BCUT2D eigenvalue weighted by molar-refractivity contribution is -0.385. The van der Waals surface area contributed by atoms with Gasteiger partial charge in [0.1, 0.15) is 24.8 Å². The molecule has 0 saturated heterocycles. The standard InChI is InChI=1S/C16H12N4O3/c21-15(9-19-11-17-10-18-19)16-13(12-5-2-1-3-6-12)7-4-8-14(16)20(22)23/h1-8,10-11H,9H2. The first-order valence-electron chi connectivity index (χ1n) is 6.85. The average Bonchev–Trinajstić information content (AvgIpc) is 3.07. The SMILES string of the molecule is O=C(Cn1cncn1)c1c(-c2ccccc2)cccc1[N+](=O)[O-]. The summed E-state index contributed by atoms with van der Waals surface area (Å²) in [5, 5.41) is 15.2. The third-order valence-electron chi connectivity index (χ3n) is 3.37. The Morgan fingerprint density at radius 2 is 1.91 bits per heavy atom. The van der Waals surface area contributed by atoms with Crippen LogP contribution in [0.15, 0.2) is 61.2 Å². The fourth-order valence-corrected chi connectivity index (χ4v) is 2.38. The summed E-state index contributed by atoms with van der Waals surface area (Å²) < 4.78 is 1.34. The van der Waals surface area contributed by atoms with Crippen LogP contribution in [0.25, 0.3) is 11.1 Å². The first-order chi connectivity index (χ1) is 11.2. The van der Waals surface area contributed by atoms with Crippen LogP contribution in [0.5, 0.6) is 0 Å². The molecule has 0 atom stereocenters. The van der Waals surface area contributed by atoms with Crippen LogP contribution in [0, 0.1) is 10.1 Å². The summed E-state index contributed by atoms with van der Waals surface area (Å²) in [6.45, 7) is -0.106. The molecule has 23 heavy (non-hydrogen) atoms. The van der Waals surface area contributed by atoms with E-state index in [-0.39, 0.29) is 23.6 Å². The van der Waals surface area contributed by atoms with E-state index in [4.69, 9.17) is 0 Å². The molecule has 3 aromatic rings. The van der Waals surface area contributed by atoms with Crippen LogP contribution < -0.4 is 0 Å². The van der Waals surface area contributed by atoms with Gasteiger partial charge in [-0.3, -0.25) is 14.9 Å². The number of nitro groups is 1. The van der Waals surface area contributed by atoms with Crippen molar-refractivity contribution < 1.29 is 9.72 Å². The number of nitro benzene ring substituents is 1. The molecule has 0 spiro atoms. The molecule has 1 aromatic heterocycles. The van der Waals surface area contributed by atoms with Gasteiger partial charge in [0.05, 0.1) is 4.92 Å². The Morgan fingerprint density at radius 3 is 2.57 bits per heavy atom. The van der Waals surface area contributed by atoms with E-state index in [9.17, 15) is 14.9 Å². The number of hydrogen-bond donors (Lipinski definition) is 0. The lowest BCUT2D eigenvalue weighted by Gasteiger charge is -2.09. The fourth-order valence-electron chi connectivity index (χ4n) is 2.38. The maximum absolute atomic E-state index is 12.6. The molecule has 7 heteroatoms. The molecule has 0 amide bonds. The highest BCUT2D eigenvalue weighted by atomic mass is 16.6. The topological polar surface area (TPSA) is 90.9 Å². The zero-order valence-electron chi connectivity index (χ0n) is 12.0. The third kappa shape index (κ3) is 2.98. The second kappa shape index (κ2) is 6.18. The molecule has 0 aliphatic carbocycles. The summed E-state index contributed by atoms with van der Waals surface area (Å²) in [4.78, 5) is 27.2.